The first-order chi connectivity index (χ1) is 15.0. The SMILES string of the molecule is Cc1nc2sc3c(c2c2nc(-c4cn(CC(N)=O)c5ccccc45)nn12)C(C)CCC3. The average Bonchev–Trinajstić information content (AvgIpc) is 3.42. The third-order valence-corrected chi connectivity index (χ3v) is 7.45. The lowest BCUT2D eigenvalue weighted by Gasteiger charge is -2.18. The minimum absolute atomic E-state index is 0.119. The van der Waals surface area contributed by atoms with Crippen molar-refractivity contribution in [1.29, 1.82) is 0 Å². The number of hydrogen-bond acceptors (Lipinski definition) is 5. The molecule has 1 amide bonds. The van der Waals surface area contributed by atoms with Crippen LogP contribution < -0.4 is 5.73 Å². The minimum Gasteiger partial charge on any atom is -0.368 e. The van der Waals surface area contributed by atoms with Gasteiger partial charge in [0.05, 0.1) is 5.39 Å². The molecule has 0 fully saturated rings. The second-order valence-corrected chi connectivity index (χ2v) is 9.48. The molecule has 156 valence electrons. The van der Waals surface area contributed by atoms with Crippen molar-refractivity contribution in [3.05, 3.63) is 46.7 Å². The largest absolute Gasteiger partial charge is 0.368 e. The predicted octanol–water partition coefficient (Wildman–Crippen LogP) is 4.19. The van der Waals surface area contributed by atoms with Crippen LogP contribution in [0.5, 0.6) is 0 Å². The van der Waals surface area contributed by atoms with Crippen LogP contribution in [0.15, 0.2) is 30.5 Å². The molecule has 0 radical (unpaired) electrons. The number of fused-ring (bicyclic) bond motifs is 6. The maximum absolute atomic E-state index is 11.6. The number of rotatable bonds is 3. The summed E-state index contributed by atoms with van der Waals surface area (Å²) in [5, 5.41) is 7.00. The summed E-state index contributed by atoms with van der Waals surface area (Å²) in [5.74, 6) is 1.59. The Labute approximate surface area is 182 Å². The second-order valence-electron chi connectivity index (χ2n) is 8.40. The first-order valence-electron chi connectivity index (χ1n) is 10.6. The minimum atomic E-state index is -0.379. The number of aryl methyl sites for hydroxylation is 2. The normalized spacial score (nSPS) is 16.4. The van der Waals surface area contributed by atoms with E-state index in [-0.39, 0.29) is 12.5 Å². The third kappa shape index (κ3) is 2.71. The van der Waals surface area contributed by atoms with Gasteiger partial charge in [0.1, 0.15) is 17.2 Å². The van der Waals surface area contributed by atoms with Gasteiger partial charge in [0.2, 0.25) is 5.91 Å². The molecule has 1 unspecified atom stereocenters. The summed E-state index contributed by atoms with van der Waals surface area (Å²) in [6, 6.07) is 7.96. The standard InChI is InChI=1S/C23H22N6OS/c1-12-6-5-9-17-19(12)20-22-26-21(27-29(22)13(2)25-23(20)31-17)15-10-28(11-18(24)30)16-8-4-3-7-14(15)16/h3-4,7-8,10,12H,5-6,9,11H2,1-2H3,(H2,24,30). The fourth-order valence-electron chi connectivity index (χ4n) is 4.92. The summed E-state index contributed by atoms with van der Waals surface area (Å²) in [6.07, 6.45) is 5.47. The van der Waals surface area contributed by atoms with E-state index in [4.69, 9.17) is 20.8 Å². The molecule has 5 aromatic rings. The average molecular weight is 431 g/mol. The molecule has 1 aromatic carbocycles. The van der Waals surface area contributed by atoms with Crippen molar-refractivity contribution in [2.75, 3.05) is 0 Å². The van der Waals surface area contributed by atoms with Crippen molar-refractivity contribution < 1.29 is 4.79 Å². The van der Waals surface area contributed by atoms with Crippen LogP contribution in [0.1, 0.15) is 41.9 Å². The number of thiophene rings is 1. The highest BCUT2D eigenvalue weighted by atomic mass is 32.1. The summed E-state index contributed by atoms with van der Waals surface area (Å²) in [6.45, 7) is 4.40. The quantitative estimate of drug-likeness (QED) is 0.464. The maximum atomic E-state index is 11.6. The highest BCUT2D eigenvalue weighted by Crippen LogP contribution is 2.43. The van der Waals surface area contributed by atoms with Crippen molar-refractivity contribution in [2.45, 2.75) is 45.6 Å². The fourth-order valence-corrected chi connectivity index (χ4v) is 6.30. The lowest BCUT2D eigenvalue weighted by atomic mass is 9.87. The zero-order chi connectivity index (χ0) is 21.3. The highest BCUT2D eigenvalue weighted by molar-refractivity contribution is 7.19. The Morgan fingerprint density at radius 1 is 1.29 bits per heavy atom. The van der Waals surface area contributed by atoms with Gasteiger partial charge in [0.15, 0.2) is 11.5 Å². The van der Waals surface area contributed by atoms with E-state index in [1.165, 1.54) is 23.3 Å². The van der Waals surface area contributed by atoms with Gasteiger partial charge in [0.25, 0.3) is 0 Å². The number of hydrogen-bond donors (Lipinski definition) is 1. The van der Waals surface area contributed by atoms with E-state index in [1.807, 2.05) is 46.5 Å². The number of carbonyl (C=O) groups is 1. The number of benzene rings is 1. The Hall–Kier alpha value is -3.26. The van der Waals surface area contributed by atoms with Gasteiger partial charge in [0, 0.05) is 27.5 Å². The van der Waals surface area contributed by atoms with Gasteiger partial charge in [-0.2, -0.15) is 4.52 Å². The highest BCUT2D eigenvalue weighted by Gasteiger charge is 2.26. The van der Waals surface area contributed by atoms with Crippen LogP contribution in [0.3, 0.4) is 0 Å². The van der Waals surface area contributed by atoms with Crippen LogP contribution in [0.2, 0.25) is 0 Å². The van der Waals surface area contributed by atoms with Crippen molar-refractivity contribution >= 4 is 44.0 Å². The number of aromatic nitrogens is 5. The molecule has 1 aliphatic carbocycles. The zero-order valence-corrected chi connectivity index (χ0v) is 18.2. The van der Waals surface area contributed by atoms with Gasteiger partial charge in [-0.05, 0) is 43.7 Å². The van der Waals surface area contributed by atoms with Crippen molar-refractivity contribution in [3.63, 3.8) is 0 Å². The maximum Gasteiger partial charge on any atom is 0.237 e. The van der Waals surface area contributed by atoms with E-state index in [0.717, 1.165) is 44.6 Å². The number of para-hydroxylation sites is 1. The topological polar surface area (TPSA) is 91.1 Å². The van der Waals surface area contributed by atoms with E-state index < -0.39 is 0 Å². The van der Waals surface area contributed by atoms with Crippen LogP contribution >= 0.6 is 11.3 Å². The van der Waals surface area contributed by atoms with E-state index in [0.29, 0.717) is 11.7 Å². The zero-order valence-electron chi connectivity index (χ0n) is 17.4. The van der Waals surface area contributed by atoms with Gasteiger partial charge >= 0.3 is 0 Å². The Kier molecular flexibility index (Phi) is 3.95. The third-order valence-electron chi connectivity index (χ3n) is 6.29. The van der Waals surface area contributed by atoms with Crippen molar-refractivity contribution in [1.82, 2.24) is 24.1 Å². The molecule has 7 nitrogen and oxygen atoms in total. The van der Waals surface area contributed by atoms with Crippen molar-refractivity contribution in [3.8, 4) is 11.4 Å². The number of carbonyl (C=O) groups excluding carboxylic acids is 1. The molecule has 0 saturated heterocycles. The van der Waals surface area contributed by atoms with Gasteiger partial charge in [-0.1, -0.05) is 25.1 Å². The van der Waals surface area contributed by atoms with E-state index in [2.05, 4.69) is 6.92 Å². The van der Waals surface area contributed by atoms with Gasteiger partial charge in [-0.25, -0.2) is 9.97 Å². The molecular formula is C23H22N6OS. The molecule has 8 heteroatoms. The first-order valence-corrected chi connectivity index (χ1v) is 11.4. The number of nitrogens with zero attached hydrogens (tertiary/aromatic N) is 5. The first kappa shape index (κ1) is 18.5. The molecule has 6 rings (SSSR count). The molecule has 0 aliphatic heterocycles. The van der Waals surface area contributed by atoms with Crippen LogP contribution in [-0.2, 0) is 17.8 Å². The Morgan fingerprint density at radius 2 is 2.13 bits per heavy atom. The summed E-state index contributed by atoms with van der Waals surface area (Å²) in [5.41, 5.74) is 9.58. The molecule has 0 saturated carbocycles. The van der Waals surface area contributed by atoms with Crippen LogP contribution in [0, 0.1) is 6.92 Å². The molecule has 2 N–H and O–H groups in total. The number of primary amides is 1. The molecule has 4 heterocycles. The molecule has 4 aromatic heterocycles. The molecule has 0 spiro atoms. The Bertz CT molecular complexity index is 1510. The monoisotopic (exact) mass is 430 g/mol. The van der Waals surface area contributed by atoms with E-state index in [9.17, 15) is 4.79 Å². The van der Waals surface area contributed by atoms with E-state index >= 15 is 0 Å². The molecule has 1 atom stereocenters. The summed E-state index contributed by atoms with van der Waals surface area (Å²) in [4.78, 5) is 24.0. The smallest absolute Gasteiger partial charge is 0.237 e. The fraction of sp³-hybridized carbons (Fsp3) is 0.304. The molecular weight excluding hydrogens is 408 g/mol. The number of amides is 1. The van der Waals surface area contributed by atoms with Crippen LogP contribution in [0.25, 0.3) is 38.2 Å². The van der Waals surface area contributed by atoms with Crippen LogP contribution in [-0.4, -0.2) is 30.1 Å². The second kappa shape index (κ2) is 6.62. The van der Waals surface area contributed by atoms with Crippen molar-refractivity contribution in [2.24, 2.45) is 5.73 Å². The number of nitrogens with two attached hydrogens (primary N) is 1. The van der Waals surface area contributed by atoms with Gasteiger partial charge < -0.3 is 10.3 Å². The Balaban J connectivity index is 1.64. The van der Waals surface area contributed by atoms with E-state index in [1.54, 1.807) is 11.3 Å². The van der Waals surface area contributed by atoms with Crippen LogP contribution in [0.4, 0.5) is 0 Å². The Morgan fingerprint density at radius 3 is 2.97 bits per heavy atom. The molecule has 0 bridgehead atoms. The molecule has 31 heavy (non-hydrogen) atoms. The summed E-state index contributed by atoms with van der Waals surface area (Å²) in [7, 11) is 0. The lowest BCUT2D eigenvalue weighted by Crippen LogP contribution is -2.17. The van der Waals surface area contributed by atoms with Gasteiger partial charge in [-0.15, -0.1) is 16.4 Å². The molecule has 1 aliphatic rings. The lowest BCUT2D eigenvalue weighted by molar-refractivity contribution is -0.118. The summed E-state index contributed by atoms with van der Waals surface area (Å²) >= 11 is 1.80. The van der Waals surface area contributed by atoms with Gasteiger partial charge in [-0.3, -0.25) is 4.79 Å². The predicted molar refractivity (Wildman–Crippen MR) is 122 cm³/mol. The summed E-state index contributed by atoms with van der Waals surface area (Å²) < 4.78 is 3.74.